The van der Waals surface area contributed by atoms with E-state index in [1.807, 2.05) is 0 Å². The van der Waals surface area contributed by atoms with Gasteiger partial charge in [-0.3, -0.25) is 0 Å². The summed E-state index contributed by atoms with van der Waals surface area (Å²) in [5, 5.41) is 0. The SMILES string of the molecule is CC(C)c1cc(C(C)C)c(-c2c(C(C)C)cc(C(C)C)c(-c3c(C(C)C)cc(C(C)C)cc3C(C)C)[c]2[Ge][I])c(C(C)C)c1.CC(C)c1cc(C(C)C)c(-c2c(C(C)C)cc(C(C)C)c(-c3c(C(C)C)cc(C(C)C)cc3C(C)C)[c]2[Ge][I])c(C(C)C)c1. The molecule has 88 heavy (non-hydrogen) atoms. The molecule has 0 bridgehead atoms. The first-order valence-corrected chi connectivity index (χ1v) is 49.6. The number of halogens is 2. The second-order valence-electron chi connectivity index (χ2n) is 31.3. The minimum absolute atomic E-state index is 0.444. The van der Waals surface area contributed by atoms with Gasteiger partial charge in [-0.1, -0.05) is 0 Å². The molecule has 0 aliphatic heterocycles. The molecule has 0 heterocycles. The Balaban J connectivity index is 0.000000321. The Hall–Kier alpha value is -2.13. The molecule has 480 valence electrons. The van der Waals surface area contributed by atoms with Crippen LogP contribution in [0.1, 0.15) is 405 Å². The molecule has 0 amide bonds. The summed E-state index contributed by atoms with van der Waals surface area (Å²) >= 11 is 4.74. The first-order valence-electron chi connectivity index (χ1n) is 34.7. The molecule has 0 nitrogen and oxygen atoms in total. The van der Waals surface area contributed by atoms with E-state index in [2.05, 4.69) is 323 Å². The topological polar surface area (TPSA) is 0 Å². The third-order valence-corrected chi connectivity index (χ3v) is 27.5. The first kappa shape index (κ1) is 76.6. The number of benzene rings is 6. The maximum absolute atomic E-state index is 2.81. The van der Waals surface area contributed by atoms with Crippen molar-refractivity contribution in [1.29, 1.82) is 0 Å². The number of hydrogen-bond donors (Lipinski definition) is 0. The first-order chi connectivity index (χ1) is 40.9. The average Bonchev–Trinajstić information content (AvgIpc) is 3.25. The zero-order valence-corrected chi connectivity index (χ0v) is 70.3. The summed E-state index contributed by atoms with van der Waals surface area (Å²) in [6.07, 6.45) is 0. The van der Waals surface area contributed by atoms with E-state index in [1.54, 1.807) is 75.6 Å². The molecule has 6 rings (SSSR count). The van der Waals surface area contributed by atoms with E-state index in [0.29, 0.717) is 94.7 Å². The molecule has 0 fully saturated rings. The van der Waals surface area contributed by atoms with Crippen molar-refractivity contribution in [2.45, 2.75) is 316 Å². The van der Waals surface area contributed by atoms with Crippen molar-refractivity contribution in [3.63, 3.8) is 0 Å². The average molecular weight is 1530 g/mol. The molecular weight excluding hydrogens is 1410 g/mol. The van der Waals surface area contributed by atoms with Gasteiger partial charge in [0.15, 0.2) is 0 Å². The molecule has 0 saturated carbocycles. The van der Waals surface area contributed by atoms with Gasteiger partial charge in [0.25, 0.3) is 0 Å². The molecule has 4 radical (unpaired) electrons. The van der Waals surface area contributed by atoms with Gasteiger partial charge in [-0.15, -0.1) is 0 Å². The molecule has 4 heteroatoms. The van der Waals surface area contributed by atoms with Crippen LogP contribution in [0.25, 0.3) is 44.5 Å². The van der Waals surface area contributed by atoms with E-state index in [1.165, 1.54) is 66.8 Å². The van der Waals surface area contributed by atoms with E-state index in [0.717, 1.165) is 0 Å². The Morgan fingerprint density at radius 2 is 0.284 bits per heavy atom. The van der Waals surface area contributed by atoms with E-state index in [-0.39, 0.29) is 0 Å². The number of rotatable bonds is 22. The van der Waals surface area contributed by atoms with Gasteiger partial charge >= 0.3 is 584 Å². The Kier molecular flexibility index (Phi) is 28.1. The van der Waals surface area contributed by atoms with Crippen LogP contribution in [0.15, 0.2) is 60.7 Å². The molecule has 0 unspecified atom stereocenters. The fourth-order valence-corrected chi connectivity index (χ4v) is 22.2. The Morgan fingerprint density at radius 1 is 0.170 bits per heavy atom. The van der Waals surface area contributed by atoms with E-state index >= 15 is 0 Å². The van der Waals surface area contributed by atoms with Crippen LogP contribution in [0.5, 0.6) is 0 Å². The molecule has 6 aromatic carbocycles. The fraction of sp³-hybridized carbons (Fsp3) is 0.571. The van der Waals surface area contributed by atoms with Gasteiger partial charge in [-0.25, -0.2) is 0 Å². The van der Waals surface area contributed by atoms with Crippen molar-refractivity contribution in [3.05, 3.63) is 150 Å². The van der Waals surface area contributed by atoms with Gasteiger partial charge < -0.3 is 0 Å². The van der Waals surface area contributed by atoms with Crippen LogP contribution in [-0.4, -0.2) is 24.2 Å². The summed E-state index contributed by atoms with van der Waals surface area (Å²) in [6.45, 7) is 76.7. The van der Waals surface area contributed by atoms with Gasteiger partial charge in [-0.2, -0.15) is 0 Å². The Bertz CT molecular complexity index is 2790. The van der Waals surface area contributed by atoms with E-state index in [9.17, 15) is 0 Å². The number of hydrogen-bond acceptors (Lipinski definition) is 0. The predicted molar refractivity (Wildman–Crippen MR) is 419 cm³/mol. The van der Waals surface area contributed by atoms with Gasteiger partial charge in [0, 0.05) is 0 Å². The van der Waals surface area contributed by atoms with Crippen LogP contribution in [0.3, 0.4) is 0 Å². The van der Waals surface area contributed by atoms with Gasteiger partial charge in [0.05, 0.1) is 0 Å². The molecule has 0 aliphatic rings. The molecule has 0 saturated heterocycles. The molecular formula is C84H122Ge2I2. The summed E-state index contributed by atoms with van der Waals surface area (Å²) in [6, 6.07) is 25.8. The van der Waals surface area contributed by atoms with Crippen molar-refractivity contribution < 1.29 is 0 Å². The van der Waals surface area contributed by atoms with Crippen LogP contribution in [0, 0.1) is 0 Å². The van der Waals surface area contributed by atoms with Crippen LogP contribution in [0.2, 0.25) is 0 Å². The monoisotopic (exact) mass is 1530 g/mol. The Morgan fingerprint density at radius 3 is 0.375 bits per heavy atom. The van der Waals surface area contributed by atoms with E-state index in [4.69, 9.17) is 0 Å². The zero-order chi connectivity index (χ0) is 66.7. The molecule has 0 aliphatic carbocycles. The van der Waals surface area contributed by atoms with Crippen molar-refractivity contribution in [3.8, 4) is 44.5 Å². The van der Waals surface area contributed by atoms with Crippen LogP contribution in [-0.2, 0) is 0 Å². The standard InChI is InChI=1S/2C42H61GeI/c2*1-22(2)30-17-32(24(5)6)38(33(18-30)25(7)8)40-36(28(13)14)21-37(29(15)16)41(42(40)43-44)39-34(26(9)10)19-31(23(3)4)20-35(39)27(11)12/h2*17-29H,1-16H3. The summed E-state index contributed by atoms with van der Waals surface area (Å²) in [5.74, 6) is 7.53. The maximum atomic E-state index is 2.81. The van der Waals surface area contributed by atoms with Gasteiger partial charge in [0.2, 0.25) is 0 Å². The minimum atomic E-state index is -0.444. The van der Waals surface area contributed by atoms with Gasteiger partial charge in [0.1, 0.15) is 0 Å². The quantitative estimate of drug-likeness (QED) is 0.0469. The van der Waals surface area contributed by atoms with Crippen LogP contribution in [0.4, 0.5) is 0 Å². The van der Waals surface area contributed by atoms with Crippen molar-refractivity contribution >= 4 is 73.5 Å². The third-order valence-electron chi connectivity index (χ3n) is 19.0. The summed E-state index contributed by atoms with van der Waals surface area (Å²) in [4.78, 5) is 0. The second-order valence-corrected chi connectivity index (χ2v) is 39.8. The van der Waals surface area contributed by atoms with Crippen molar-refractivity contribution in [2.75, 3.05) is 0 Å². The van der Waals surface area contributed by atoms with Crippen LogP contribution >= 0.6 is 40.4 Å². The molecule has 6 aromatic rings. The van der Waals surface area contributed by atoms with E-state index < -0.39 is 24.2 Å². The summed E-state index contributed by atoms with van der Waals surface area (Å²) in [5.41, 5.74) is 36.9. The molecule has 0 atom stereocenters. The predicted octanol–water partition coefficient (Wildman–Crippen LogP) is 27.4. The van der Waals surface area contributed by atoms with Crippen LogP contribution < -0.4 is 8.79 Å². The zero-order valence-electron chi connectivity index (χ0n) is 61.8. The van der Waals surface area contributed by atoms with Crippen molar-refractivity contribution in [2.24, 2.45) is 0 Å². The second kappa shape index (κ2) is 32.3. The normalized spacial score (nSPS) is 12.6. The molecule has 0 aromatic heterocycles. The van der Waals surface area contributed by atoms with Gasteiger partial charge in [-0.05, 0) is 0 Å². The summed E-state index contributed by atoms with van der Waals surface area (Å²) in [7, 11) is 0. The molecule has 0 spiro atoms. The van der Waals surface area contributed by atoms with Crippen molar-refractivity contribution in [1.82, 2.24) is 0 Å². The fourth-order valence-electron chi connectivity index (χ4n) is 13.5. The summed E-state index contributed by atoms with van der Waals surface area (Å²) < 4.78 is 3.34. The molecule has 0 N–H and O–H groups in total. The third kappa shape index (κ3) is 16.7. The Labute approximate surface area is 578 Å².